The third-order valence-electron chi connectivity index (χ3n) is 19.8. The molecule has 14 rings (SSSR count). The fourth-order valence-corrected chi connectivity index (χ4v) is 19.7. The third kappa shape index (κ3) is 12.0. The van der Waals surface area contributed by atoms with E-state index in [9.17, 15) is 2.74 Å². The summed E-state index contributed by atoms with van der Waals surface area (Å²) in [6, 6.07) is 72.0. The molecule has 3 aliphatic heterocycles. The van der Waals surface area contributed by atoms with Crippen molar-refractivity contribution in [1.29, 1.82) is 0 Å². The predicted molar refractivity (Wildman–Crippen MR) is 409 cm³/mol. The molecule has 0 N–H and O–H groups in total. The van der Waals surface area contributed by atoms with E-state index in [0.29, 0.717) is 28.4 Å². The molecule has 11 aromatic rings. The fourth-order valence-electron chi connectivity index (χ4n) is 14.2. The Bertz CT molecular complexity index is 5070. The van der Waals surface area contributed by atoms with Gasteiger partial charge in [0.2, 0.25) is 0 Å². The van der Waals surface area contributed by atoms with Crippen molar-refractivity contribution < 1.29 is 32.7 Å². The minimum absolute atomic E-state index is 0. The zero-order valence-electron chi connectivity index (χ0n) is 64.5. The maximum atomic E-state index is 9.54. The average molecular weight is 1470 g/mol. The molecule has 0 amide bonds. The van der Waals surface area contributed by atoms with Crippen LogP contribution in [-0.2, 0) is 53.6 Å². The van der Waals surface area contributed by atoms with E-state index in [-0.39, 0.29) is 71.2 Å². The first-order chi connectivity index (χ1) is 47.4. The molecule has 97 heavy (non-hydrogen) atoms. The third-order valence-corrected chi connectivity index (χ3v) is 24.7. The number of anilines is 7. The SMILES string of the molecule is [2H]c1c([2H])c([2H])c(-c2cccc(-c3cc(-c4cc(C(C)(C)C)cc(C(C)(C)C)c4)cc(C(C)(C)C)c3)c2N2[CH-]N(c3[c-]c(Oc4[c-]c5c(cc4)[Si]4(c6ccc(C(C)(C)C)cc6-c6cc(C(C)(C)C)ccc64)c4ccccc4N5c4cc(C(C)(C)C)ccn4)ccc3)c3ccccc32)c([2H])c1[2H].[Pt]. The molecule has 5 nitrogen and oxygen atoms in total. The van der Waals surface area contributed by atoms with Gasteiger partial charge in [0.05, 0.1) is 6.85 Å². The molecule has 0 fully saturated rings. The normalized spacial score (nSPS) is 14.9. The number of nitrogens with zero attached hydrogens (tertiary/aromatic N) is 4. The molecule has 0 atom stereocenters. The number of pyridine rings is 1. The van der Waals surface area contributed by atoms with Gasteiger partial charge in [-0.25, -0.2) is 4.98 Å². The number of hydrogen-bond acceptors (Lipinski definition) is 5. The van der Waals surface area contributed by atoms with Gasteiger partial charge in [-0.2, -0.15) is 12.1 Å². The van der Waals surface area contributed by atoms with Crippen LogP contribution in [0, 0.1) is 18.8 Å². The molecule has 4 heterocycles. The van der Waals surface area contributed by atoms with Crippen molar-refractivity contribution in [2.45, 2.75) is 157 Å². The second-order valence-corrected chi connectivity index (χ2v) is 36.4. The summed E-state index contributed by atoms with van der Waals surface area (Å²) < 4.78 is 53.0. The number of rotatable bonds is 8. The van der Waals surface area contributed by atoms with Crippen LogP contribution < -0.4 is 40.2 Å². The quantitative estimate of drug-likeness (QED) is 0.112. The molecule has 0 aliphatic carbocycles. The van der Waals surface area contributed by atoms with Gasteiger partial charge < -0.3 is 19.4 Å². The zero-order valence-corrected chi connectivity index (χ0v) is 62.8. The Balaban J connectivity index is 0.00000928. The van der Waals surface area contributed by atoms with E-state index in [4.69, 9.17) is 13.8 Å². The summed E-state index contributed by atoms with van der Waals surface area (Å²) in [7, 11) is -3.14. The number of ether oxygens (including phenoxy) is 1. The standard InChI is InChI=1S/C90H91N4OSi.Pt/c1-85(2,3)62-38-41-79-73(52-62)74-53-63(86(4,5)6)39-42-80(74)96(79)81-37-25-24-36-77(81)94(83-54-64(44-45-91-83)87(7,8)9)78-56-70(40-43-82(78)96)95-69-31-26-30-68(55-69)92-57-93(76-35-23-22-34-75(76)92)84-71(58-28-20-19-21-29-58)32-27-33-72(84)61-46-59(47-65(50-61)88(10,11)12)60-48-66(89(13,14)15)51-67(49-60)90(16,17)18;/h19-54,57H,1-18H3;/q-3;/i19D,20D,21D,28D,29D;. The van der Waals surface area contributed by atoms with Crippen LogP contribution in [0.3, 0.4) is 0 Å². The molecule has 0 bridgehead atoms. The first-order valence-corrected chi connectivity index (χ1v) is 35.9. The van der Waals surface area contributed by atoms with Crippen molar-refractivity contribution in [2.75, 3.05) is 14.7 Å². The number of hydrogen-bond donors (Lipinski definition) is 0. The van der Waals surface area contributed by atoms with Crippen LogP contribution in [0.5, 0.6) is 11.5 Å². The van der Waals surface area contributed by atoms with Gasteiger partial charge in [0.1, 0.15) is 13.9 Å². The smallest absolute Gasteiger partial charge is 0.135 e. The number of fused-ring (bicyclic) bond motifs is 10. The van der Waals surface area contributed by atoms with Crippen molar-refractivity contribution in [3.8, 4) is 56.0 Å². The molecule has 3 aliphatic rings. The Morgan fingerprint density at radius 2 is 0.876 bits per heavy atom. The van der Waals surface area contributed by atoms with E-state index in [0.717, 1.165) is 56.4 Å². The molecule has 0 saturated heterocycles. The number of benzene rings is 10. The summed E-state index contributed by atoms with van der Waals surface area (Å²) in [5.74, 6) is 1.79. The molecule has 0 radical (unpaired) electrons. The summed E-state index contributed by atoms with van der Waals surface area (Å²) in [4.78, 5) is 11.7. The van der Waals surface area contributed by atoms with Crippen LogP contribution in [0.15, 0.2) is 218 Å². The summed E-state index contributed by atoms with van der Waals surface area (Å²) in [6.45, 7) is 42.9. The second kappa shape index (κ2) is 24.2. The molecular formula is C90H91N4OPtSi-3. The van der Waals surface area contributed by atoms with Gasteiger partial charge in [0, 0.05) is 72.6 Å². The maximum absolute atomic E-state index is 9.54. The van der Waals surface area contributed by atoms with E-state index in [1.807, 2.05) is 55.3 Å². The topological polar surface area (TPSA) is 31.8 Å². The van der Waals surface area contributed by atoms with E-state index in [1.165, 1.54) is 59.7 Å². The second-order valence-electron chi connectivity index (χ2n) is 32.8. The summed E-state index contributed by atoms with van der Waals surface area (Å²) >= 11 is 0. The molecule has 10 aromatic carbocycles. The molecule has 494 valence electrons. The van der Waals surface area contributed by atoms with Crippen molar-refractivity contribution >= 4 is 68.8 Å². The van der Waals surface area contributed by atoms with Crippen LogP contribution in [0.2, 0.25) is 0 Å². The van der Waals surface area contributed by atoms with Crippen LogP contribution in [0.1, 0.15) is 165 Å². The Morgan fingerprint density at radius 1 is 0.392 bits per heavy atom. The maximum Gasteiger partial charge on any atom is 0.135 e. The molecule has 0 unspecified atom stereocenters. The first-order valence-electron chi connectivity index (χ1n) is 36.4. The van der Waals surface area contributed by atoms with Gasteiger partial charge in [-0.15, -0.1) is 47.9 Å². The van der Waals surface area contributed by atoms with Gasteiger partial charge in [-0.3, -0.25) is 0 Å². The summed E-state index contributed by atoms with van der Waals surface area (Å²) in [6.07, 6.45) is 1.93. The van der Waals surface area contributed by atoms with Crippen molar-refractivity contribution in [3.05, 3.63) is 271 Å². The van der Waals surface area contributed by atoms with Crippen molar-refractivity contribution in [2.24, 2.45) is 0 Å². The zero-order chi connectivity index (χ0) is 72.2. The Kier molecular flexibility index (Phi) is 15.2. The minimum Gasteiger partial charge on any atom is -0.509 e. The van der Waals surface area contributed by atoms with E-state index < -0.39 is 26.2 Å². The molecular weight excluding hydrogens is 1380 g/mol. The van der Waals surface area contributed by atoms with Gasteiger partial charge in [0.15, 0.2) is 0 Å². The Hall–Kier alpha value is -8.54. The first kappa shape index (κ1) is 60.8. The van der Waals surface area contributed by atoms with Crippen molar-refractivity contribution in [1.82, 2.24) is 4.98 Å². The average Bonchev–Trinajstić information content (AvgIpc) is 1.47. The minimum atomic E-state index is -3.14. The van der Waals surface area contributed by atoms with Crippen molar-refractivity contribution in [3.63, 3.8) is 0 Å². The van der Waals surface area contributed by atoms with E-state index in [2.05, 4.69) is 291 Å². The number of para-hydroxylation sites is 4. The van der Waals surface area contributed by atoms with Crippen LogP contribution in [0.4, 0.5) is 39.9 Å². The number of aromatic nitrogens is 1. The molecule has 0 saturated carbocycles. The van der Waals surface area contributed by atoms with E-state index in [1.54, 1.807) is 0 Å². The van der Waals surface area contributed by atoms with Gasteiger partial charge in [0.25, 0.3) is 0 Å². The van der Waals surface area contributed by atoms with Gasteiger partial charge in [-0.05, 0) is 151 Å². The largest absolute Gasteiger partial charge is 0.509 e. The van der Waals surface area contributed by atoms with Crippen LogP contribution in [0.25, 0.3) is 44.5 Å². The van der Waals surface area contributed by atoms with E-state index >= 15 is 0 Å². The fraction of sp³-hybridized carbons (Fsp3) is 0.267. The monoisotopic (exact) mass is 1470 g/mol. The van der Waals surface area contributed by atoms with Crippen LogP contribution >= 0.6 is 0 Å². The predicted octanol–water partition coefficient (Wildman–Crippen LogP) is 21.8. The Morgan fingerprint density at radius 3 is 1.46 bits per heavy atom. The summed E-state index contributed by atoms with van der Waals surface area (Å²) in [5.41, 5.74) is 18.6. The molecule has 1 spiro atoms. The molecule has 7 heteroatoms. The Labute approximate surface area is 601 Å². The summed E-state index contributed by atoms with van der Waals surface area (Å²) in [5, 5.41) is 5.22. The van der Waals surface area contributed by atoms with Gasteiger partial charge >= 0.3 is 0 Å². The van der Waals surface area contributed by atoms with Gasteiger partial charge in [-0.1, -0.05) is 276 Å². The van der Waals surface area contributed by atoms with Crippen LogP contribution in [-0.4, -0.2) is 13.1 Å². The molecule has 1 aromatic heterocycles.